The van der Waals surface area contributed by atoms with Crippen LogP contribution in [0.1, 0.15) is 17.7 Å². The maximum atomic E-state index is 11.7. The van der Waals surface area contributed by atoms with Crippen molar-refractivity contribution in [2.75, 3.05) is 7.11 Å². The van der Waals surface area contributed by atoms with Crippen LogP contribution in [0.4, 0.5) is 5.69 Å². The number of methoxy groups -OCH3 is 1. The average Bonchev–Trinajstić information content (AvgIpc) is 2.64. The zero-order chi connectivity index (χ0) is 20.0. The number of benzene rings is 2. The SMILES string of the molecule is COc1ccc(C(Sc2ccccc2[N+](=O)[O-])C(OC(C)=O)C(=O)O)cc1. The number of carboxylic acid groups (broad SMARTS) is 1. The van der Waals surface area contributed by atoms with Crippen LogP contribution in [0.15, 0.2) is 53.4 Å². The van der Waals surface area contributed by atoms with Gasteiger partial charge in [0, 0.05) is 13.0 Å². The predicted octanol–water partition coefficient (Wildman–Crippen LogP) is 3.45. The molecule has 2 aromatic carbocycles. The Hall–Kier alpha value is -3.07. The number of ether oxygens (including phenoxy) is 2. The molecule has 0 amide bonds. The van der Waals surface area contributed by atoms with Crippen LogP contribution in [-0.2, 0) is 14.3 Å². The fraction of sp³-hybridized carbons (Fsp3) is 0.222. The normalized spacial score (nSPS) is 12.7. The molecule has 1 N–H and O–H groups in total. The molecule has 27 heavy (non-hydrogen) atoms. The quantitative estimate of drug-likeness (QED) is 0.315. The van der Waals surface area contributed by atoms with Gasteiger partial charge in [-0.1, -0.05) is 24.3 Å². The van der Waals surface area contributed by atoms with Crippen molar-refractivity contribution in [2.24, 2.45) is 0 Å². The molecule has 0 bridgehead atoms. The van der Waals surface area contributed by atoms with E-state index in [-0.39, 0.29) is 10.6 Å². The van der Waals surface area contributed by atoms with Crippen molar-refractivity contribution in [3.8, 4) is 5.75 Å². The number of rotatable bonds is 8. The fourth-order valence-corrected chi connectivity index (χ4v) is 3.65. The van der Waals surface area contributed by atoms with E-state index >= 15 is 0 Å². The first kappa shape index (κ1) is 20.2. The molecule has 142 valence electrons. The number of hydrogen-bond donors (Lipinski definition) is 1. The monoisotopic (exact) mass is 391 g/mol. The maximum absolute atomic E-state index is 11.7. The van der Waals surface area contributed by atoms with Crippen LogP contribution in [0.5, 0.6) is 5.75 Å². The van der Waals surface area contributed by atoms with Gasteiger partial charge in [0.1, 0.15) is 5.75 Å². The van der Waals surface area contributed by atoms with Gasteiger partial charge in [-0.3, -0.25) is 14.9 Å². The van der Waals surface area contributed by atoms with Gasteiger partial charge < -0.3 is 14.6 Å². The number of nitrogens with zero attached hydrogens (tertiary/aromatic N) is 1. The minimum absolute atomic E-state index is 0.159. The van der Waals surface area contributed by atoms with Crippen LogP contribution < -0.4 is 4.74 Å². The maximum Gasteiger partial charge on any atom is 0.346 e. The molecule has 2 unspecified atom stereocenters. The minimum Gasteiger partial charge on any atom is -0.497 e. The van der Waals surface area contributed by atoms with Crippen molar-refractivity contribution in [3.63, 3.8) is 0 Å². The number of carbonyl (C=O) groups excluding carboxylic acids is 1. The molecule has 0 saturated carbocycles. The number of nitro groups is 1. The summed E-state index contributed by atoms with van der Waals surface area (Å²) in [5.74, 6) is -1.55. The molecule has 0 aliphatic rings. The summed E-state index contributed by atoms with van der Waals surface area (Å²) in [5.41, 5.74) is 0.362. The summed E-state index contributed by atoms with van der Waals surface area (Å²) in [6.45, 7) is 1.11. The van der Waals surface area contributed by atoms with Crippen molar-refractivity contribution < 1.29 is 29.1 Å². The van der Waals surface area contributed by atoms with E-state index in [4.69, 9.17) is 9.47 Å². The highest BCUT2D eigenvalue weighted by molar-refractivity contribution is 7.99. The van der Waals surface area contributed by atoms with Gasteiger partial charge in [-0.15, -0.1) is 11.8 Å². The lowest BCUT2D eigenvalue weighted by molar-refractivity contribution is -0.387. The van der Waals surface area contributed by atoms with Gasteiger partial charge in [0.2, 0.25) is 6.10 Å². The first-order chi connectivity index (χ1) is 12.8. The van der Waals surface area contributed by atoms with Crippen LogP contribution in [0.3, 0.4) is 0 Å². The predicted molar refractivity (Wildman–Crippen MR) is 97.9 cm³/mol. The summed E-state index contributed by atoms with van der Waals surface area (Å²) in [7, 11) is 1.49. The summed E-state index contributed by atoms with van der Waals surface area (Å²) >= 11 is 0.948. The standard InChI is InChI=1S/C18H17NO7S/c1-11(20)26-16(18(21)22)17(12-7-9-13(25-2)10-8-12)27-15-6-4-3-5-14(15)19(23)24/h3-10,16-17H,1-2H3,(H,21,22). The molecular formula is C18H17NO7S. The van der Waals surface area contributed by atoms with Gasteiger partial charge in [0.05, 0.1) is 22.2 Å². The second-order valence-corrected chi connectivity index (χ2v) is 6.59. The number of carboxylic acids is 1. The molecule has 0 aromatic heterocycles. The summed E-state index contributed by atoms with van der Waals surface area (Å²) < 4.78 is 10.1. The molecule has 8 nitrogen and oxygen atoms in total. The van der Waals surface area contributed by atoms with Crippen molar-refractivity contribution >= 4 is 29.4 Å². The number of nitro benzene ring substituents is 1. The smallest absolute Gasteiger partial charge is 0.346 e. The Balaban J connectivity index is 2.49. The zero-order valence-corrected chi connectivity index (χ0v) is 15.3. The van der Waals surface area contributed by atoms with E-state index in [1.54, 1.807) is 30.3 Å². The van der Waals surface area contributed by atoms with Crippen LogP contribution in [0.2, 0.25) is 0 Å². The lowest BCUT2D eigenvalue weighted by atomic mass is 10.1. The van der Waals surface area contributed by atoms with Crippen molar-refractivity contribution in [3.05, 3.63) is 64.2 Å². The van der Waals surface area contributed by atoms with Gasteiger partial charge >= 0.3 is 11.9 Å². The third kappa shape index (κ3) is 5.20. The van der Waals surface area contributed by atoms with E-state index in [1.807, 2.05) is 0 Å². The Morgan fingerprint density at radius 1 is 1.15 bits per heavy atom. The molecule has 0 fully saturated rings. The topological polar surface area (TPSA) is 116 Å². The molecule has 0 spiro atoms. The third-order valence-corrected chi connectivity index (χ3v) is 4.94. The summed E-state index contributed by atoms with van der Waals surface area (Å²) in [6.07, 6.45) is -1.53. The van der Waals surface area contributed by atoms with E-state index in [0.29, 0.717) is 11.3 Å². The van der Waals surface area contributed by atoms with Crippen LogP contribution in [-0.4, -0.2) is 35.2 Å². The lowest BCUT2D eigenvalue weighted by Gasteiger charge is -2.23. The van der Waals surface area contributed by atoms with E-state index < -0.39 is 28.2 Å². The van der Waals surface area contributed by atoms with E-state index in [0.717, 1.165) is 18.7 Å². The number of thioether (sulfide) groups is 1. The Morgan fingerprint density at radius 2 is 1.78 bits per heavy atom. The highest BCUT2D eigenvalue weighted by Gasteiger charge is 2.35. The first-order valence-electron chi connectivity index (χ1n) is 7.77. The molecule has 2 aromatic rings. The molecule has 2 rings (SSSR count). The Morgan fingerprint density at radius 3 is 2.30 bits per heavy atom. The number of carbonyl (C=O) groups is 2. The summed E-state index contributed by atoms with van der Waals surface area (Å²) in [4.78, 5) is 34.1. The lowest BCUT2D eigenvalue weighted by Crippen LogP contribution is -2.31. The van der Waals surface area contributed by atoms with Crippen LogP contribution in [0, 0.1) is 10.1 Å². The molecule has 0 aliphatic heterocycles. The second-order valence-electron chi connectivity index (χ2n) is 5.40. The van der Waals surface area contributed by atoms with Crippen molar-refractivity contribution in [2.45, 2.75) is 23.2 Å². The molecule has 0 radical (unpaired) electrons. The van der Waals surface area contributed by atoms with Crippen LogP contribution in [0.25, 0.3) is 0 Å². The Labute approximate surface area is 159 Å². The number of para-hydroxylation sites is 1. The van der Waals surface area contributed by atoms with E-state index in [2.05, 4.69) is 0 Å². The van der Waals surface area contributed by atoms with Gasteiger partial charge in [0.15, 0.2) is 0 Å². The molecule has 0 saturated heterocycles. The molecular weight excluding hydrogens is 374 g/mol. The largest absolute Gasteiger partial charge is 0.497 e. The Kier molecular flexibility index (Phi) is 6.78. The van der Waals surface area contributed by atoms with E-state index in [9.17, 15) is 24.8 Å². The van der Waals surface area contributed by atoms with Crippen molar-refractivity contribution in [1.82, 2.24) is 0 Å². The highest BCUT2D eigenvalue weighted by Crippen LogP contribution is 2.43. The second kappa shape index (κ2) is 9.04. The molecule has 0 heterocycles. The van der Waals surface area contributed by atoms with Crippen molar-refractivity contribution in [1.29, 1.82) is 0 Å². The molecule has 0 aliphatic carbocycles. The minimum atomic E-state index is -1.53. The number of hydrogen-bond acceptors (Lipinski definition) is 7. The van der Waals surface area contributed by atoms with Gasteiger partial charge in [-0.05, 0) is 23.8 Å². The van der Waals surface area contributed by atoms with Gasteiger partial charge in [0.25, 0.3) is 5.69 Å². The van der Waals surface area contributed by atoms with Gasteiger partial charge in [-0.25, -0.2) is 4.79 Å². The first-order valence-corrected chi connectivity index (χ1v) is 8.65. The highest BCUT2D eigenvalue weighted by atomic mass is 32.2. The average molecular weight is 391 g/mol. The number of esters is 1. The summed E-state index contributed by atoms with van der Waals surface area (Å²) in [5, 5.41) is 19.9. The van der Waals surface area contributed by atoms with Gasteiger partial charge in [-0.2, -0.15) is 0 Å². The fourth-order valence-electron chi connectivity index (χ4n) is 2.36. The summed E-state index contributed by atoms with van der Waals surface area (Å²) in [6, 6.07) is 12.5. The zero-order valence-electron chi connectivity index (χ0n) is 14.5. The Bertz CT molecular complexity index is 838. The molecule has 9 heteroatoms. The third-order valence-electron chi connectivity index (χ3n) is 3.57. The molecule has 2 atom stereocenters. The number of aliphatic carboxylic acids is 1. The van der Waals surface area contributed by atoms with E-state index in [1.165, 1.54) is 25.3 Å². The van der Waals surface area contributed by atoms with Crippen LogP contribution >= 0.6 is 11.8 Å².